The third-order valence-electron chi connectivity index (χ3n) is 2.97. The van der Waals surface area contributed by atoms with E-state index in [0.29, 0.717) is 23.6 Å². The average Bonchev–Trinajstić information content (AvgIpc) is 2.46. The molecule has 0 aliphatic heterocycles. The van der Waals surface area contributed by atoms with E-state index in [1.807, 2.05) is 56.3 Å². The fourth-order valence-electron chi connectivity index (χ4n) is 1.90. The molecule has 0 bridgehead atoms. The van der Waals surface area contributed by atoms with Crippen LogP contribution in [0, 0.1) is 6.92 Å². The molecule has 0 atom stereocenters. The molecule has 0 spiro atoms. The zero-order valence-corrected chi connectivity index (χ0v) is 13.7. The number of rotatable bonds is 5. The van der Waals surface area contributed by atoms with Crippen molar-refractivity contribution in [2.75, 3.05) is 11.9 Å². The van der Waals surface area contributed by atoms with Gasteiger partial charge in [0.1, 0.15) is 5.75 Å². The number of amides is 1. The smallest absolute Gasteiger partial charge is 0.256 e. The average molecular weight is 348 g/mol. The molecule has 0 fully saturated rings. The fraction of sp³-hybridized carbons (Fsp3) is 0.235. The number of ether oxygens (including phenoxy) is 1. The maximum Gasteiger partial charge on any atom is 0.256 e. The summed E-state index contributed by atoms with van der Waals surface area (Å²) in [5.41, 5.74) is 2.39. The number of carbonyl (C=O) groups is 1. The van der Waals surface area contributed by atoms with Crippen LogP contribution < -0.4 is 10.1 Å². The minimum absolute atomic E-state index is 0.158. The van der Waals surface area contributed by atoms with Crippen LogP contribution in [0.2, 0.25) is 0 Å². The molecule has 0 aliphatic rings. The second kappa shape index (κ2) is 7.27. The van der Waals surface area contributed by atoms with Crippen LogP contribution >= 0.6 is 15.9 Å². The first-order valence-corrected chi connectivity index (χ1v) is 7.70. The first-order chi connectivity index (χ1) is 10.1. The molecular weight excluding hydrogens is 330 g/mol. The van der Waals surface area contributed by atoms with Gasteiger partial charge in [-0.05, 0) is 59.1 Å². The monoisotopic (exact) mass is 347 g/mol. The van der Waals surface area contributed by atoms with E-state index in [9.17, 15) is 4.79 Å². The summed E-state index contributed by atoms with van der Waals surface area (Å²) in [5.74, 6) is 0.533. The number of nitrogens with one attached hydrogen (secondary N) is 1. The summed E-state index contributed by atoms with van der Waals surface area (Å²) in [6.45, 7) is 4.66. The number of hydrogen-bond acceptors (Lipinski definition) is 2. The predicted molar refractivity (Wildman–Crippen MR) is 89.1 cm³/mol. The van der Waals surface area contributed by atoms with E-state index >= 15 is 0 Å². The third-order valence-corrected chi connectivity index (χ3v) is 3.62. The van der Waals surface area contributed by atoms with Crippen LogP contribution in [-0.4, -0.2) is 12.5 Å². The predicted octanol–water partition coefficient (Wildman–Crippen LogP) is 4.80. The van der Waals surface area contributed by atoms with Crippen molar-refractivity contribution < 1.29 is 9.53 Å². The molecule has 0 radical (unpaired) electrons. The SMILES string of the molecule is CCCOc1ccccc1NC(=O)c1ccc(C)cc1Br. The Morgan fingerprint density at radius 3 is 2.71 bits per heavy atom. The van der Waals surface area contributed by atoms with Gasteiger partial charge in [-0.1, -0.05) is 25.1 Å². The van der Waals surface area contributed by atoms with E-state index in [4.69, 9.17) is 4.74 Å². The van der Waals surface area contributed by atoms with Crippen LogP contribution in [0.25, 0.3) is 0 Å². The zero-order valence-electron chi connectivity index (χ0n) is 12.2. The summed E-state index contributed by atoms with van der Waals surface area (Å²) in [6, 6.07) is 13.1. The van der Waals surface area contributed by atoms with E-state index in [2.05, 4.69) is 21.2 Å². The van der Waals surface area contributed by atoms with E-state index in [1.54, 1.807) is 0 Å². The van der Waals surface area contributed by atoms with Crippen LogP contribution in [-0.2, 0) is 0 Å². The van der Waals surface area contributed by atoms with Crippen LogP contribution in [0.4, 0.5) is 5.69 Å². The van der Waals surface area contributed by atoms with E-state index in [-0.39, 0.29) is 5.91 Å². The van der Waals surface area contributed by atoms with Crippen LogP contribution in [0.1, 0.15) is 29.3 Å². The Bertz CT molecular complexity index is 640. The van der Waals surface area contributed by atoms with Crippen molar-refractivity contribution in [3.8, 4) is 5.75 Å². The highest BCUT2D eigenvalue weighted by atomic mass is 79.9. The molecule has 0 saturated carbocycles. The molecular formula is C17H18BrNO2. The first kappa shape index (κ1) is 15.6. The summed E-state index contributed by atoms with van der Waals surface area (Å²) in [6.07, 6.45) is 0.922. The van der Waals surface area contributed by atoms with Crippen molar-refractivity contribution in [2.45, 2.75) is 20.3 Å². The minimum atomic E-state index is -0.158. The molecule has 1 amide bonds. The van der Waals surface area contributed by atoms with Gasteiger partial charge >= 0.3 is 0 Å². The summed E-state index contributed by atoms with van der Waals surface area (Å²) < 4.78 is 6.43. The Balaban J connectivity index is 2.19. The number of hydrogen-bond donors (Lipinski definition) is 1. The van der Waals surface area contributed by atoms with E-state index < -0.39 is 0 Å². The lowest BCUT2D eigenvalue weighted by Gasteiger charge is -2.12. The molecule has 110 valence electrons. The maximum atomic E-state index is 12.4. The summed E-state index contributed by atoms with van der Waals surface area (Å²) in [4.78, 5) is 12.4. The summed E-state index contributed by atoms with van der Waals surface area (Å²) in [5, 5.41) is 2.90. The second-order valence-corrected chi connectivity index (χ2v) is 5.64. The molecule has 1 N–H and O–H groups in total. The van der Waals surface area contributed by atoms with Gasteiger partial charge in [-0.3, -0.25) is 4.79 Å². The summed E-state index contributed by atoms with van der Waals surface area (Å²) in [7, 11) is 0. The second-order valence-electron chi connectivity index (χ2n) is 4.78. The van der Waals surface area contributed by atoms with Crippen molar-refractivity contribution in [3.05, 3.63) is 58.1 Å². The van der Waals surface area contributed by atoms with Gasteiger partial charge in [0.15, 0.2) is 0 Å². The Morgan fingerprint density at radius 1 is 1.24 bits per heavy atom. The Labute approximate surface area is 133 Å². The highest BCUT2D eigenvalue weighted by molar-refractivity contribution is 9.10. The van der Waals surface area contributed by atoms with E-state index in [1.165, 1.54) is 0 Å². The van der Waals surface area contributed by atoms with Gasteiger partial charge < -0.3 is 10.1 Å². The molecule has 21 heavy (non-hydrogen) atoms. The van der Waals surface area contributed by atoms with E-state index in [0.717, 1.165) is 16.5 Å². The topological polar surface area (TPSA) is 38.3 Å². The highest BCUT2D eigenvalue weighted by Crippen LogP contribution is 2.26. The Morgan fingerprint density at radius 2 is 2.00 bits per heavy atom. The number of halogens is 1. The Kier molecular flexibility index (Phi) is 5.39. The Hall–Kier alpha value is -1.81. The highest BCUT2D eigenvalue weighted by Gasteiger charge is 2.12. The lowest BCUT2D eigenvalue weighted by Crippen LogP contribution is -2.13. The van der Waals surface area contributed by atoms with Crippen molar-refractivity contribution in [2.24, 2.45) is 0 Å². The number of carbonyl (C=O) groups excluding carboxylic acids is 1. The van der Waals surface area contributed by atoms with Crippen LogP contribution in [0.5, 0.6) is 5.75 Å². The van der Waals surface area contributed by atoms with Gasteiger partial charge in [0.25, 0.3) is 5.91 Å². The van der Waals surface area contributed by atoms with Crippen molar-refractivity contribution >= 4 is 27.5 Å². The first-order valence-electron chi connectivity index (χ1n) is 6.91. The van der Waals surface area contributed by atoms with Crippen molar-refractivity contribution in [1.29, 1.82) is 0 Å². The van der Waals surface area contributed by atoms with Gasteiger partial charge in [0.05, 0.1) is 17.9 Å². The molecule has 0 unspecified atom stereocenters. The molecule has 0 aliphatic carbocycles. The fourth-order valence-corrected chi connectivity index (χ4v) is 2.58. The van der Waals surface area contributed by atoms with Crippen molar-refractivity contribution in [3.63, 3.8) is 0 Å². The molecule has 4 heteroatoms. The molecule has 0 heterocycles. The maximum absolute atomic E-state index is 12.4. The number of benzene rings is 2. The molecule has 2 rings (SSSR count). The molecule has 2 aromatic carbocycles. The van der Waals surface area contributed by atoms with Gasteiger partial charge in [-0.15, -0.1) is 0 Å². The number of para-hydroxylation sites is 2. The molecule has 3 nitrogen and oxygen atoms in total. The number of aryl methyl sites for hydroxylation is 1. The van der Waals surface area contributed by atoms with Crippen LogP contribution in [0.15, 0.2) is 46.9 Å². The quantitative estimate of drug-likeness (QED) is 0.843. The van der Waals surface area contributed by atoms with Gasteiger partial charge in [-0.2, -0.15) is 0 Å². The molecule has 0 saturated heterocycles. The number of anilines is 1. The third kappa shape index (κ3) is 4.08. The lowest BCUT2D eigenvalue weighted by atomic mass is 10.1. The van der Waals surface area contributed by atoms with Gasteiger partial charge in [0, 0.05) is 4.47 Å². The standard InChI is InChI=1S/C17H18BrNO2/c1-3-10-21-16-7-5-4-6-15(16)19-17(20)13-9-8-12(2)11-14(13)18/h4-9,11H,3,10H2,1-2H3,(H,19,20). The molecule has 2 aromatic rings. The minimum Gasteiger partial charge on any atom is -0.491 e. The summed E-state index contributed by atoms with van der Waals surface area (Å²) >= 11 is 3.43. The van der Waals surface area contributed by atoms with Crippen LogP contribution in [0.3, 0.4) is 0 Å². The zero-order chi connectivity index (χ0) is 15.2. The normalized spacial score (nSPS) is 10.2. The molecule has 0 aromatic heterocycles. The largest absolute Gasteiger partial charge is 0.491 e. The lowest BCUT2D eigenvalue weighted by molar-refractivity contribution is 0.102. The van der Waals surface area contributed by atoms with Gasteiger partial charge in [0.2, 0.25) is 0 Å². The van der Waals surface area contributed by atoms with Gasteiger partial charge in [-0.25, -0.2) is 0 Å². The van der Waals surface area contributed by atoms with Crippen molar-refractivity contribution in [1.82, 2.24) is 0 Å².